The Hall–Kier alpha value is -3.27. The molecule has 1 heterocycles. The molecule has 2 atom stereocenters. The van der Waals surface area contributed by atoms with Crippen LogP contribution in [0.15, 0.2) is 78.9 Å². The molecule has 1 N–H and O–H groups in total. The zero-order valence-corrected chi connectivity index (χ0v) is 16.5. The number of ether oxygens (including phenoxy) is 1. The van der Waals surface area contributed by atoms with Gasteiger partial charge < -0.3 is 14.7 Å². The van der Waals surface area contributed by atoms with E-state index < -0.39 is 0 Å². The largest absolute Gasteiger partial charge is 0.508 e. The van der Waals surface area contributed by atoms with Gasteiger partial charge in [0.2, 0.25) is 5.91 Å². The number of aryl methyl sites for hydroxylation is 1. The summed E-state index contributed by atoms with van der Waals surface area (Å²) in [5.41, 5.74) is 3.21. The number of β-lactam (4-membered cyclic amide) rings is 1. The number of carbonyl (C=O) groups excluding carboxylic acids is 1. The van der Waals surface area contributed by atoms with E-state index in [4.69, 9.17) is 4.74 Å². The van der Waals surface area contributed by atoms with Gasteiger partial charge in [-0.15, -0.1) is 0 Å². The van der Waals surface area contributed by atoms with Crippen LogP contribution in [0.2, 0.25) is 0 Å². The van der Waals surface area contributed by atoms with E-state index in [0.717, 1.165) is 36.3 Å². The van der Waals surface area contributed by atoms with Crippen LogP contribution in [0.1, 0.15) is 30.0 Å². The second kappa shape index (κ2) is 8.39. The Balaban J connectivity index is 1.53. The number of aromatic hydroxyl groups is 1. The SMILES string of the molecule is COc1ccc(N2C(=O)C(CCCc3ccccc3)C2c2ccc(O)cc2)cc1. The van der Waals surface area contributed by atoms with Crippen LogP contribution in [0, 0.1) is 5.92 Å². The maximum absolute atomic E-state index is 13.1. The number of amides is 1. The predicted molar refractivity (Wildman–Crippen MR) is 114 cm³/mol. The Kier molecular flexibility index (Phi) is 5.52. The molecule has 1 amide bonds. The van der Waals surface area contributed by atoms with E-state index in [1.807, 2.05) is 47.4 Å². The molecule has 3 aromatic rings. The van der Waals surface area contributed by atoms with Crippen LogP contribution < -0.4 is 9.64 Å². The van der Waals surface area contributed by atoms with E-state index in [2.05, 4.69) is 24.3 Å². The molecular formula is C25H25NO3. The van der Waals surface area contributed by atoms with E-state index in [1.165, 1.54) is 5.56 Å². The zero-order chi connectivity index (χ0) is 20.2. The third kappa shape index (κ3) is 3.97. The Bertz CT molecular complexity index is 952. The molecule has 3 aromatic carbocycles. The van der Waals surface area contributed by atoms with Crippen molar-refractivity contribution in [3.8, 4) is 11.5 Å². The Labute approximate surface area is 171 Å². The normalized spacial score (nSPS) is 18.4. The summed E-state index contributed by atoms with van der Waals surface area (Å²) in [7, 11) is 1.63. The maximum Gasteiger partial charge on any atom is 0.233 e. The van der Waals surface area contributed by atoms with Gasteiger partial charge in [0.25, 0.3) is 0 Å². The van der Waals surface area contributed by atoms with E-state index in [9.17, 15) is 9.90 Å². The first-order valence-corrected chi connectivity index (χ1v) is 9.97. The molecule has 0 saturated carbocycles. The average Bonchev–Trinajstić information content (AvgIpc) is 2.77. The first kappa shape index (κ1) is 19.1. The van der Waals surface area contributed by atoms with Gasteiger partial charge in [-0.3, -0.25) is 4.79 Å². The van der Waals surface area contributed by atoms with Crippen LogP contribution in [0.3, 0.4) is 0 Å². The summed E-state index contributed by atoms with van der Waals surface area (Å²) in [5.74, 6) is 1.10. The lowest BCUT2D eigenvalue weighted by molar-refractivity contribution is -0.130. The van der Waals surface area contributed by atoms with Crippen molar-refractivity contribution in [2.75, 3.05) is 12.0 Å². The molecule has 1 saturated heterocycles. The molecule has 148 valence electrons. The third-order valence-corrected chi connectivity index (χ3v) is 5.62. The van der Waals surface area contributed by atoms with Crippen LogP contribution in [0.5, 0.6) is 11.5 Å². The molecule has 0 spiro atoms. The van der Waals surface area contributed by atoms with Crippen LogP contribution in [0.4, 0.5) is 5.69 Å². The molecule has 0 aromatic heterocycles. The lowest BCUT2D eigenvalue weighted by Gasteiger charge is -2.47. The van der Waals surface area contributed by atoms with E-state index in [1.54, 1.807) is 19.2 Å². The molecule has 0 bridgehead atoms. The summed E-state index contributed by atoms with van der Waals surface area (Å²) >= 11 is 0. The molecule has 1 fully saturated rings. The Morgan fingerprint density at radius 1 is 0.931 bits per heavy atom. The van der Waals surface area contributed by atoms with Gasteiger partial charge in [-0.25, -0.2) is 0 Å². The highest BCUT2D eigenvalue weighted by molar-refractivity contribution is 6.03. The van der Waals surface area contributed by atoms with Crippen molar-refractivity contribution in [3.05, 3.63) is 90.0 Å². The van der Waals surface area contributed by atoms with Gasteiger partial charge in [0, 0.05) is 5.69 Å². The van der Waals surface area contributed by atoms with Gasteiger partial charge in [0.05, 0.1) is 19.1 Å². The molecule has 0 radical (unpaired) electrons. The fourth-order valence-electron chi connectivity index (χ4n) is 4.08. The van der Waals surface area contributed by atoms with Gasteiger partial charge in [-0.2, -0.15) is 0 Å². The number of hydrogen-bond acceptors (Lipinski definition) is 3. The molecule has 4 nitrogen and oxygen atoms in total. The number of methoxy groups -OCH3 is 1. The van der Waals surface area contributed by atoms with Crippen molar-refractivity contribution in [1.29, 1.82) is 0 Å². The fraction of sp³-hybridized carbons (Fsp3) is 0.240. The first-order chi connectivity index (χ1) is 14.2. The lowest BCUT2D eigenvalue weighted by Crippen LogP contribution is -2.55. The molecule has 2 unspecified atom stereocenters. The van der Waals surface area contributed by atoms with Gasteiger partial charge in [0.15, 0.2) is 0 Å². The van der Waals surface area contributed by atoms with Crippen molar-refractivity contribution in [2.45, 2.75) is 25.3 Å². The standard InChI is InChI=1S/C25H25NO3/c1-29-22-16-12-20(13-17-22)26-24(19-10-14-21(27)15-11-19)23(25(26)28)9-5-8-18-6-3-2-4-7-18/h2-4,6-7,10-17,23-24,27H,5,8-9H2,1H3. The zero-order valence-electron chi connectivity index (χ0n) is 16.5. The minimum atomic E-state index is -0.0506. The monoisotopic (exact) mass is 387 g/mol. The number of phenols is 1. The predicted octanol–water partition coefficient (Wildman–Crippen LogP) is 5.13. The summed E-state index contributed by atoms with van der Waals surface area (Å²) in [4.78, 5) is 14.9. The smallest absolute Gasteiger partial charge is 0.233 e. The summed E-state index contributed by atoms with van der Waals surface area (Å²) < 4.78 is 5.24. The minimum Gasteiger partial charge on any atom is -0.508 e. The van der Waals surface area contributed by atoms with E-state index in [0.29, 0.717) is 0 Å². The lowest BCUT2D eigenvalue weighted by atomic mass is 9.78. The minimum absolute atomic E-state index is 0.0210. The second-order valence-corrected chi connectivity index (χ2v) is 7.43. The topological polar surface area (TPSA) is 49.8 Å². The molecule has 29 heavy (non-hydrogen) atoms. The van der Waals surface area contributed by atoms with Crippen molar-refractivity contribution in [1.82, 2.24) is 0 Å². The highest BCUT2D eigenvalue weighted by Crippen LogP contribution is 2.46. The van der Waals surface area contributed by atoms with Gasteiger partial charge in [0.1, 0.15) is 11.5 Å². The number of rotatable bonds is 7. The van der Waals surface area contributed by atoms with Crippen LogP contribution in [-0.2, 0) is 11.2 Å². The third-order valence-electron chi connectivity index (χ3n) is 5.62. The number of carbonyl (C=O) groups is 1. The Morgan fingerprint density at radius 3 is 2.28 bits per heavy atom. The van der Waals surface area contributed by atoms with Gasteiger partial charge >= 0.3 is 0 Å². The maximum atomic E-state index is 13.1. The van der Waals surface area contributed by atoms with Crippen molar-refractivity contribution in [2.24, 2.45) is 5.92 Å². The average molecular weight is 387 g/mol. The molecule has 4 rings (SSSR count). The van der Waals surface area contributed by atoms with Crippen molar-refractivity contribution >= 4 is 11.6 Å². The fourth-order valence-corrected chi connectivity index (χ4v) is 4.08. The number of benzene rings is 3. The van der Waals surface area contributed by atoms with Crippen LogP contribution in [0.25, 0.3) is 0 Å². The van der Waals surface area contributed by atoms with E-state index >= 15 is 0 Å². The molecule has 1 aliphatic rings. The van der Waals surface area contributed by atoms with Crippen molar-refractivity contribution in [3.63, 3.8) is 0 Å². The Morgan fingerprint density at radius 2 is 1.62 bits per heavy atom. The van der Waals surface area contributed by atoms with Crippen LogP contribution >= 0.6 is 0 Å². The molecule has 0 aliphatic carbocycles. The molecule has 4 heteroatoms. The number of nitrogens with zero attached hydrogens (tertiary/aromatic N) is 1. The molecular weight excluding hydrogens is 362 g/mol. The second-order valence-electron chi connectivity index (χ2n) is 7.43. The summed E-state index contributed by atoms with van der Waals surface area (Å²) in [6, 6.07) is 25.1. The number of phenolic OH excluding ortho intramolecular Hbond substituents is 1. The number of anilines is 1. The van der Waals surface area contributed by atoms with E-state index in [-0.39, 0.29) is 23.6 Å². The van der Waals surface area contributed by atoms with Crippen molar-refractivity contribution < 1.29 is 14.6 Å². The van der Waals surface area contributed by atoms with Gasteiger partial charge in [-0.1, -0.05) is 42.5 Å². The number of hydrogen-bond donors (Lipinski definition) is 1. The summed E-state index contributed by atoms with van der Waals surface area (Å²) in [5, 5.41) is 9.66. The molecule has 1 aliphatic heterocycles. The summed E-state index contributed by atoms with van der Waals surface area (Å²) in [6.45, 7) is 0. The highest BCUT2D eigenvalue weighted by Gasteiger charge is 2.48. The summed E-state index contributed by atoms with van der Waals surface area (Å²) in [6.07, 6.45) is 2.77. The highest BCUT2D eigenvalue weighted by atomic mass is 16.5. The quantitative estimate of drug-likeness (QED) is 0.572. The van der Waals surface area contributed by atoms with Gasteiger partial charge in [-0.05, 0) is 66.8 Å². The van der Waals surface area contributed by atoms with Crippen LogP contribution in [-0.4, -0.2) is 18.1 Å². The first-order valence-electron chi connectivity index (χ1n) is 9.97.